The number of amides is 1. The number of benzene rings is 1. The summed E-state index contributed by atoms with van der Waals surface area (Å²) in [4.78, 5) is 68.0. The zero-order chi connectivity index (χ0) is 31.3. The van der Waals surface area contributed by atoms with E-state index in [1.54, 1.807) is 14.1 Å². The number of aliphatic hydroxyl groups is 1. The molecule has 1 aromatic carbocycles. The molecule has 5 fully saturated rings. The lowest BCUT2D eigenvalue weighted by Gasteiger charge is -2.60. The lowest BCUT2D eigenvalue weighted by molar-refractivity contribution is -0.181. The quantitative estimate of drug-likeness (QED) is 0.349. The summed E-state index contributed by atoms with van der Waals surface area (Å²) in [6, 6.07) is 0.300. The third kappa shape index (κ3) is 4.20. The summed E-state index contributed by atoms with van der Waals surface area (Å²) in [7, 11) is 3.11. The van der Waals surface area contributed by atoms with Crippen molar-refractivity contribution < 1.29 is 34.2 Å². The third-order valence-corrected chi connectivity index (χ3v) is 12.3. The molecule has 0 heterocycles. The van der Waals surface area contributed by atoms with Gasteiger partial charge in [-0.05, 0) is 99.0 Å². The molecule has 10 nitrogen and oxygen atoms in total. The fourth-order valence-electron chi connectivity index (χ4n) is 9.44. The van der Waals surface area contributed by atoms with E-state index in [1.165, 1.54) is 30.2 Å². The first-order chi connectivity index (χ1) is 20.1. The number of rotatable bonds is 6. The highest BCUT2D eigenvalue weighted by molar-refractivity contribution is 6.34. The van der Waals surface area contributed by atoms with Gasteiger partial charge in [0.25, 0.3) is 0 Å². The van der Waals surface area contributed by atoms with Crippen molar-refractivity contribution in [2.24, 2.45) is 52.6 Å². The molecule has 6 aliphatic carbocycles. The Labute approximate surface area is 255 Å². The third-order valence-electron chi connectivity index (χ3n) is 11.8. The number of likely N-dealkylation sites (N-methyl/N-ethyl adjacent to an activating group) is 1. The first-order valence-electron chi connectivity index (χ1n) is 15.2. The van der Waals surface area contributed by atoms with Gasteiger partial charge >= 0.3 is 0 Å². The molecule has 6 aliphatic rings. The maximum atomic E-state index is 13.9. The van der Waals surface area contributed by atoms with Crippen LogP contribution in [0.15, 0.2) is 6.07 Å². The number of primary amides is 1. The Morgan fingerprint density at radius 2 is 1.81 bits per heavy atom. The van der Waals surface area contributed by atoms with Crippen LogP contribution in [-0.4, -0.2) is 76.4 Å². The van der Waals surface area contributed by atoms with Crippen LogP contribution in [0.1, 0.15) is 61.0 Å². The second kappa shape index (κ2) is 10.2. The zero-order valence-electron chi connectivity index (χ0n) is 25.0. The fraction of sp³-hybridized carbons (Fsp3) is 0.656. The van der Waals surface area contributed by atoms with Gasteiger partial charge in [0.1, 0.15) is 5.75 Å². The Morgan fingerprint density at radius 3 is 2.42 bits per heavy atom. The lowest BCUT2D eigenvalue weighted by Crippen LogP contribution is -2.74. The molecular weight excluding hydrogens is 574 g/mol. The van der Waals surface area contributed by atoms with Crippen LogP contribution < -0.4 is 11.1 Å². The van der Waals surface area contributed by atoms with Gasteiger partial charge in [0.2, 0.25) is 5.91 Å². The van der Waals surface area contributed by atoms with Gasteiger partial charge in [0.05, 0.1) is 17.5 Å². The number of carbonyl (C=O) groups excluding carboxylic acids is 5. The number of fused-ring (bicyclic) bond motifs is 5. The van der Waals surface area contributed by atoms with Crippen molar-refractivity contribution in [3.8, 4) is 5.75 Å². The normalized spacial score (nSPS) is 37.8. The monoisotopic (exact) mass is 613 g/mol. The van der Waals surface area contributed by atoms with Crippen molar-refractivity contribution in [3.63, 3.8) is 0 Å². The Balaban J connectivity index is 1.28. The van der Waals surface area contributed by atoms with E-state index < -0.39 is 64.4 Å². The minimum atomic E-state index is -2.74. The number of phenolic OH excluding ortho intramolecular Hbond substituents is 1. The molecule has 7 rings (SSSR count). The standard InChI is InChI=1S/C32H40ClN3O7/c1-31(2)16-6-5-13(18(31)10-16)11-35-12-15-9-20(37)22-17(24(15)33)7-14-8-19-25(36(3)4)27(39)23(30(34)42)29(41)32(19,43)28(40)21(14)26(22)38/h9,13-14,16,18-19,21,23,25,35,37,43H,5-8,10-12H2,1-4H3,(H2,34,42)/t13-,14+,16?,18?,19+,21?,23?,25+,32+/m1/s1. The summed E-state index contributed by atoms with van der Waals surface area (Å²) in [5, 5.41) is 26.6. The van der Waals surface area contributed by atoms with E-state index in [2.05, 4.69) is 19.2 Å². The van der Waals surface area contributed by atoms with E-state index >= 15 is 0 Å². The Morgan fingerprint density at radius 1 is 1.12 bits per heavy atom. The summed E-state index contributed by atoms with van der Waals surface area (Å²) in [6.07, 6.45) is 3.84. The number of phenols is 1. The van der Waals surface area contributed by atoms with E-state index in [1.807, 2.05) is 0 Å². The van der Waals surface area contributed by atoms with Gasteiger partial charge in [-0.3, -0.25) is 28.9 Å². The minimum absolute atomic E-state index is 0.0106. The van der Waals surface area contributed by atoms with E-state index in [4.69, 9.17) is 17.3 Å². The summed E-state index contributed by atoms with van der Waals surface area (Å²) in [5.41, 5.74) is 3.97. The van der Waals surface area contributed by atoms with Gasteiger partial charge in [-0.15, -0.1) is 0 Å². The molecule has 5 saturated carbocycles. The number of carbonyl (C=O) groups is 5. The number of aromatic hydroxyl groups is 1. The van der Waals surface area contributed by atoms with Crippen LogP contribution >= 0.6 is 11.6 Å². The number of hydrogen-bond donors (Lipinski definition) is 4. The minimum Gasteiger partial charge on any atom is -0.507 e. The predicted molar refractivity (Wildman–Crippen MR) is 156 cm³/mol. The average Bonchev–Trinajstić information content (AvgIpc) is 2.92. The molecule has 0 aromatic heterocycles. The number of Topliss-reactive ketones (excluding diaryl/α,β-unsaturated/α-hetero) is 4. The van der Waals surface area contributed by atoms with Crippen molar-refractivity contribution in [3.05, 3.63) is 27.8 Å². The smallest absolute Gasteiger partial charge is 0.235 e. The van der Waals surface area contributed by atoms with Crippen LogP contribution in [-0.2, 0) is 32.1 Å². The van der Waals surface area contributed by atoms with Crippen LogP contribution in [0, 0.1) is 46.8 Å². The molecule has 4 unspecified atom stereocenters. The largest absolute Gasteiger partial charge is 0.507 e. The van der Waals surface area contributed by atoms with E-state index in [-0.39, 0.29) is 24.2 Å². The van der Waals surface area contributed by atoms with Gasteiger partial charge in [-0.2, -0.15) is 0 Å². The molecule has 0 saturated heterocycles. The zero-order valence-corrected chi connectivity index (χ0v) is 25.7. The summed E-state index contributed by atoms with van der Waals surface area (Å²) in [5.74, 6) is -8.61. The van der Waals surface area contributed by atoms with Crippen molar-refractivity contribution >= 4 is 40.6 Å². The Bertz CT molecular complexity index is 1450. The highest BCUT2D eigenvalue weighted by atomic mass is 35.5. The van der Waals surface area contributed by atoms with Crippen LogP contribution in [0.2, 0.25) is 5.02 Å². The van der Waals surface area contributed by atoms with Crippen molar-refractivity contribution in [1.29, 1.82) is 0 Å². The highest BCUT2D eigenvalue weighted by Crippen LogP contribution is 2.61. The molecular formula is C32H40ClN3O7. The summed E-state index contributed by atoms with van der Waals surface area (Å²) >= 11 is 6.87. The molecule has 43 heavy (non-hydrogen) atoms. The number of hydrogen-bond acceptors (Lipinski definition) is 9. The number of ketones is 4. The van der Waals surface area contributed by atoms with Crippen molar-refractivity contribution in [2.45, 2.75) is 64.1 Å². The Kier molecular flexibility index (Phi) is 7.20. The molecule has 5 N–H and O–H groups in total. The van der Waals surface area contributed by atoms with Gasteiger partial charge in [0, 0.05) is 17.5 Å². The summed E-state index contributed by atoms with van der Waals surface area (Å²) < 4.78 is 0. The highest BCUT2D eigenvalue weighted by Gasteiger charge is 2.69. The van der Waals surface area contributed by atoms with Gasteiger partial charge < -0.3 is 21.3 Å². The number of halogens is 1. The van der Waals surface area contributed by atoms with Crippen LogP contribution in [0.5, 0.6) is 5.75 Å². The molecule has 11 heteroatoms. The Hall–Kier alpha value is -2.66. The molecule has 0 aliphatic heterocycles. The lowest BCUT2D eigenvalue weighted by atomic mass is 9.45. The van der Waals surface area contributed by atoms with Crippen LogP contribution in [0.25, 0.3) is 0 Å². The van der Waals surface area contributed by atoms with Gasteiger partial charge in [-0.25, -0.2) is 0 Å². The topological polar surface area (TPSA) is 167 Å². The van der Waals surface area contributed by atoms with E-state index in [0.717, 1.165) is 12.5 Å². The van der Waals surface area contributed by atoms with E-state index in [0.29, 0.717) is 39.9 Å². The maximum absolute atomic E-state index is 13.9. The number of nitrogens with zero attached hydrogens (tertiary/aromatic N) is 1. The number of nitrogens with one attached hydrogen (secondary N) is 1. The van der Waals surface area contributed by atoms with Gasteiger partial charge in [-0.1, -0.05) is 25.4 Å². The molecule has 2 bridgehead atoms. The SMILES string of the molecule is CN(C)[C@@H]1C(=O)C(C(N)=O)C(=O)[C@@]2(O)C(=O)C3C(=O)c4c(O)cc(CNC[C@H]5CCC6CC5C6(C)C)c(Cl)c4C[C@H]3C[C@@H]12. The number of nitrogens with two attached hydrogens (primary N) is 1. The van der Waals surface area contributed by atoms with E-state index in [9.17, 15) is 34.2 Å². The second-order valence-corrected chi connectivity index (χ2v) is 14.7. The van der Waals surface area contributed by atoms with Crippen LogP contribution in [0.3, 0.4) is 0 Å². The van der Waals surface area contributed by atoms with Crippen LogP contribution in [0.4, 0.5) is 0 Å². The molecule has 1 aromatic rings. The first kappa shape index (κ1) is 30.4. The second-order valence-electron chi connectivity index (χ2n) is 14.3. The first-order valence-corrected chi connectivity index (χ1v) is 15.6. The molecule has 1 amide bonds. The fourth-order valence-corrected chi connectivity index (χ4v) is 9.73. The predicted octanol–water partition coefficient (Wildman–Crippen LogP) is 1.68. The average molecular weight is 614 g/mol. The summed E-state index contributed by atoms with van der Waals surface area (Å²) in [6.45, 7) is 5.94. The van der Waals surface area contributed by atoms with Crippen molar-refractivity contribution in [1.82, 2.24) is 10.2 Å². The maximum Gasteiger partial charge on any atom is 0.235 e. The van der Waals surface area contributed by atoms with Gasteiger partial charge in [0.15, 0.2) is 34.7 Å². The molecule has 9 atom stereocenters. The molecule has 0 radical (unpaired) electrons. The van der Waals surface area contributed by atoms with Crippen molar-refractivity contribution in [2.75, 3.05) is 20.6 Å². The molecule has 232 valence electrons. The molecule has 0 spiro atoms.